The number of amides is 1. The van der Waals surface area contributed by atoms with Gasteiger partial charge in [-0.3, -0.25) is 4.79 Å². The Kier molecular flexibility index (Phi) is 5.35. The summed E-state index contributed by atoms with van der Waals surface area (Å²) in [5, 5.41) is 11.1. The van der Waals surface area contributed by atoms with Crippen molar-refractivity contribution in [1.82, 2.24) is 15.1 Å². The second-order valence-electron chi connectivity index (χ2n) is 6.89. The van der Waals surface area contributed by atoms with E-state index in [0.29, 0.717) is 15.2 Å². The van der Waals surface area contributed by atoms with E-state index in [4.69, 9.17) is 0 Å². The Hall–Kier alpha value is -3.16. The number of anilines is 1. The molecule has 4 rings (SSSR count). The highest BCUT2D eigenvalue weighted by molar-refractivity contribution is 7.90. The van der Waals surface area contributed by atoms with Crippen molar-refractivity contribution in [3.63, 3.8) is 0 Å². The molecule has 13 heteroatoms. The van der Waals surface area contributed by atoms with Crippen molar-refractivity contribution in [2.24, 2.45) is 0 Å². The first kappa shape index (κ1) is 22.0. The number of nitrogens with zero attached hydrogens (tertiary/aromatic N) is 2. The molecule has 1 amide bonds. The molecule has 1 aliphatic heterocycles. The minimum absolute atomic E-state index is 0.0536. The van der Waals surface area contributed by atoms with Crippen LogP contribution < -0.4 is 15.2 Å². The largest absolute Gasteiger partial charge is 0.493 e. The van der Waals surface area contributed by atoms with E-state index in [2.05, 4.69) is 4.98 Å². The Bertz CT molecular complexity index is 1300. The fraction of sp³-hybridized carbons (Fsp3) is 0.158. The number of hydrazine groups is 1. The van der Waals surface area contributed by atoms with E-state index in [0.717, 1.165) is 16.9 Å². The quantitative estimate of drug-likeness (QED) is 0.522. The maximum Gasteiger partial charge on any atom is 0.410 e. The predicted octanol–water partition coefficient (Wildman–Crippen LogP) is 3.13. The highest BCUT2D eigenvalue weighted by atomic mass is 32.2. The molecule has 3 N–H and O–H groups in total. The van der Waals surface area contributed by atoms with Gasteiger partial charge in [-0.2, -0.15) is 13.2 Å². The number of aromatic nitrogens is 1. The first-order chi connectivity index (χ1) is 15.0. The van der Waals surface area contributed by atoms with Crippen LogP contribution in [0.2, 0.25) is 0 Å². The zero-order valence-electron chi connectivity index (χ0n) is 16.2. The van der Waals surface area contributed by atoms with E-state index in [1.165, 1.54) is 24.3 Å². The fourth-order valence-electron chi connectivity index (χ4n) is 3.03. The minimum Gasteiger partial charge on any atom is -0.493 e. The number of carbonyl (C=O) groups excluding carboxylic acids is 1. The zero-order valence-corrected chi connectivity index (χ0v) is 17.8. The van der Waals surface area contributed by atoms with Crippen molar-refractivity contribution >= 4 is 42.6 Å². The molecule has 2 aromatic carbocycles. The topological polar surface area (TPSA) is 112 Å². The smallest absolute Gasteiger partial charge is 0.410 e. The number of nitrogens with one attached hydrogen (secondary N) is 2. The van der Waals surface area contributed by atoms with Crippen LogP contribution in [-0.2, 0) is 14.8 Å². The van der Waals surface area contributed by atoms with Crippen LogP contribution in [0.4, 0.5) is 18.3 Å². The molecule has 0 saturated carbocycles. The number of sulfonamides is 1. The van der Waals surface area contributed by atoms with E-state index in [1.54, 1.807) is 35.9 Å². The minimum atomic E-state index is -5.01. The van der Waals surface area contributed by atoms with E-state index < -0.39 is 39.6 Å². The van der Waals surface area contributed by atoms with Gasteiger partial charge in [0, 0.05) is 0 Å². The number of aliphatic hydroxyl groups is 1. The summed E-state index contributed by atoms with van der Waals surface area (Å²) in [6, 6.07) is 9.44. The third-order valence-corrected chi connectivity index (χ3v) is 6.97. The van der Waals surface area contributed by atoms with E-state index in [9.17, 15) is 31.5 Å². The summed E-state index contributed by atoms with van der Waals surface area (Å²) in [6.07, 6.45) is -5.01. The van der Waals surface area contributed by atoms with Gasteiger partial charge in [-0.05, 0) is 31.2 Å². The van der Waals surface area contributed by atoms with Gasteiger partial charge in [0.2, 0.25) is 11.0 Å². The summed E-state index contributed by atoms with van der Waals surface area (Å²) in [5.41, 5.74) is 2.04. The molecule has 0 saturated heterocycles. The maximum atomic E-state index is 13.7. The Morgan fingerprint density at radius 2 is 1.84 bits per heavy atom. The molecule has 0 radical (unpaired) electrons. The van der Waals surface area contributed by atoms with E-state index >= 15 is 0 Å². The molecule has 0 bridgehead atoms. The highest BCUT2D eigenvalue weighted by Gasteiger charge is 2.52. The molecule has 1 aromatic heterocycles. The number of hydrogen-bond donors (Lipinski definition) is 3. The number of carbonyl (C=O) groups is 1. The van der Waals surface area contributed by atoms with Crippen LogP contribution in [0.5, 0.6) is 0 Å². The van der Waals surface area contributed by atoms with Crippen LogP contribution in [0.1, 0.15) is 5.56 Å². The number of aryl methyl sites for hydroxylation is 1. The van der Waals surface area contributed by atoms with Crippen molar-refractivity contribution < 1.29 is 31.5 Å². The SMILES string of the molecule is Cc1ccc(S(=O)(=O)NC(=O)C2=C(O)N(c3nc4ccccc4s3)N[C@@H]2C(F)(F)F)cc1. The molecule has 2 heterocycles. The predicted molar refractivity (Wildman–Crippen MR) is 111 cm³/mol. The number of fused-ring (bicyclic) bond motifs is 1. The van der Waals surface area contributed by atoms with Crippen LogP contribution >= 0.6 is 11.3 Å². The van der Waals surface area contributed by atoms with E-state index in [1.807, 2.05) is 5.43 Å². The van der Waals surface area contributed by atoms with Gasteiger partial charge in [-0.15, -0.1) is 0 Å². The molecular weight excluding hydrogens is 469 g/mol. The second kappa shape index (κ2) is 7.76. The summed E-state index contributed by atoms with van der Waals surface area (Å²) < 4.78 is 68.2. The molecule has 1 atom stereocenters. The van der Waals surface area contributed by atoms with Gasteiger partial charge in [0.15, 0.2) is 6.04 Å². The van der Waals surface area contributed by atoms with Crippen molar-refractivity contribution in [3.8, 4) is 0 Å². The molecule has 1 aliphatic rings. The number of thiazole rings is 1. The molecule has 32 heavy (non-hydrogen) atoms. The number of halogens is 3. The standard InChI is InChI=1S/C19H15F3N4O4S2/c1-10-6-8-11(9-7-10)32(29,30)25-16(27)14-15(19(20,21)22)24-26(17(14)28)18-23-12-4-2-3-5-13(12)31-18/h2-9,15,24,28H,1H3,(H,25,27)/t15-/m0/s1. The molecule has 0 aliphatic carbocycles. The Labute approximate surface area is 184 Å². The van der Waals surface area contributed by atoms with Gasteiger partial charge in [-0.25, -0.2) is 28.6 Å². The van der Waals surface area contributed by atoms with Gasteiger partial charge in [-0.1, -0.05) is 41.2 Å². The first-order valence-corrected chi connectivity index (χ1v) is 11.3. The van der Waals surface area contributed by atoms with Crippen molar-refractivity contribution in [3.05, 3.63) is 65.6 Å². The Balaban J connectivity index is 1.71. The van der Waals surface area contributed by atoms with Crippen molar-refractivity contribution in [1.29, 1.82) is 0 Å². The van der Waals surface area contributed by atoms with Crippen molar-refractivity contribution in [2.45, 2.75) is 24.0 Å². The van der Waals surface area contributed by atoms with Crippen molar-refractivity contribution in [2.75, 3.05) is 5.01 Å². The van der Waals surface area contributed by atoms with Crippen LogP contribution in [0, 0.1) is 6.92 Å². The van der Waals surface area contributed by atoms with Gasteiger partial charge in [0.05, 0.1) is 15.1 Å². The van der Waals surface area contributed by atoms with Crippen LogP contribution in [0.25, 0.3) is 10.2 Å². The lowest BCUT2D eigenvalue weighted by Crippen LogP contribution is -2.48. The molecule has 0 unspecified atom stereocenters. The maximum absolute atomic E-state index is 13.7. The lowest BCUT2D eigenvalue weighted by atomic mass is 10.1. The van der Waals surface area contributed by atoms with Gasteiger partial charge in [0.25, 0.3) is 15.9 Å². The Morgan fingerprint density at radius 1 is 1.19 bits per heavy atom. The lowest BCUT2D eigenvalue weighted by Gasteiger charge is -2.20. The molecule has 168 valence electrons. The summed E-state index contributed by atoms with van der Waals surface area (Å²) >= 11 is 0.977. The zero-order chi connectivity index (χ0) is 23.3. The Morgan fingerprint density at radius 3 is 2.47 bits per heavy atom. The van der Waals surface area contributed by atoms with Gasteiger partial charge >= 0.3 is 6.18 Å². The monoisotopic (exact) mass is 484 g/mol. The molecule has 8 nitrogen and oxygen atoms in total. The van der Waals surface area contributed by atoms with Gasteiger partial charge < -0.3 is 5.11 Å². The highest BCUT2D eigenvalue weighted by Crippen LogP contribution is 2.37. The number of aliphatic hydroxyl groups excluding tert-OH is 1. The average molecular weight is 484 g/mol. The third kappa shape index (κ3) is 4.01. The number of benzene rings is 2. The van der Waals surface area contributed by atoms with Crippen LogP contribution in [-0.4, -0.2) is 36.6 Å². The number of para-hydroxylation sites is 1. The first-order valence-electron chi connectivity index (χ1n) is 9.03. The summed E-state index contributed by atoms with van der Waals surface area (Å²) in [5.74, 6) is -2.70. The van der Waals surface area contributed by atoms with E-state index in [-0.39, 0.29) is 10.0 Å². The summed E-state index contributed by atoms with van der Waals surface area (Å²) in [4.78, 5) is 16.5. The number of alkyl halides is 3. The van der Waals surface area contributed by atoms with Gasteiger partial charge in [0.1, 0.15) is 5.57 Å². The number of hydrogen-bond acceptors (Lipinski definition) is 8. The summed E-state index contributed by atoms with van der Waals surface area (Å²) in [6.45, 7) is 1.71. The normalized spacial score (nSPS) is 17.2. The molecule has 3 aromatic rings. The fourth-order valence-corrected chi connectivity index (χ4v) is 4.93. The third-order valence-electron chi connectivity index (χ3n) is 4.60. The van der Waals surface area contributed by atoms with Crippen LogP contribution in [0.15, 0.2) is 64.9 Å². The second-order valence-corrected chi connectivity index (χ2v) is 9.58. The molecule has 0 fully saturated rings. The molecule has 0 spiro atoms. The van der Waals surface area contributed by atoms with Crippen LogP contribution in [0.3, 0.4) is 0 Å². The molecular formula is C19H15F3N4O4S2. The lowest BCUT2D eigenvalue weighted by molar-refractivity contribution is -0.148. The number of rotatable bonds is 4. The summed E-state index contributed by atoms with van der Waals surface area (Å²) in [7, 11) is -4.48. The average Bonchev–Trinajstić information content (AvgIpc) is 3.28.